The second-order valence-corrected chi connectivity index (χ2v) is 2.85. The third kappa shape index (κ3) is 4.97. The summed E-state index contributed by atoms with van der Waals surface area (Å²) in [5, 5.41) is 0. The second kappa shape index (κ2) is 7.50. The first-order valence-electron chi connectivity index (χ1n) is 4.62. The molecule has 1 rings (SSSR count). The lowest BCUT2D eigenvalue weighted by Gasteiger charge is -2.05. The Balaban J connectivity index is 1.99. The zero-order valence-electron chi connectivity index (χ0n) is 8.44. The third-order valence-electron chi connectivity index (χ3n) is 1.71. The lowest BCUT2D eigenvalue weighted by Crippen LogP contribution is -2.05. The van der Waals surface area contributed by atoms with Crippen molar-refractivity contribution in [2.45, 2.75) is 6.61 Å². The van der Waals surface area contributed by atoms with E-state index >= 15 is 0 Å². The van der Waals surface area contributed by atoms with Gasteiger partial charge in [-0.3, -0.25) is 0 Å². The summed E-state index contributed by atoms with van der Waals surface area (Å²) in [6, 6.07) is 10.0. The summed E-state index contributed by atoms with van der Waals surface area (Å²) in [6.07, 6.45) is 0. The molecule has 0 aromatic heterocycles. The first-order valence-corrected chi connectivity index (χ1v) is 4.62. The van der Waals surface area contributed by atoms with Gasteiger partial charge in [-0.2, -0.15) is 0 Å². The van der Waals surface area contributed by atoms with Crippen molar-refractivity contribution in [3.05, 3.63) is 35.9 Å². The Labute approximate surface area is 84.6 Å². The van der Waals surface area contributed by atoms with Crippen molar-refractivity contribution in [1.82, 2.24) is 0 Å². The molecule has 0 radical (unpaired) electrons. The van der Waals surface area contributed by atoms with Crippen LogP contribution in [0.3, 0.4) is 0 Å². The summed E-state index contributed by atoms with van der Waals surface area (Å²) in [4.78, 5) is 0. The van der Waals surface area contributed by atoms with Crippen molar-refractivity contribution in [3.8, 4) is 0 Å². The van der Waals surface area contributed by atoms with E-state index in [0.717, 1.165) is 5.56 Å². The molecule has 0 aliphatic heterocycles. The summed E-state index contributed by atoms with van der Waals surface area (Å²) in [5.41, 5.74) is 1.16. The third-order valence-corrected chi connectivity index (χ3v) is 1.71. The predicted molar refractivity (Wildman–Crippen MR) is 53.9 cm³/mol. The second-order valence-electron chi connectivity index (χ2n) is 2.85. The summed E-state index contributed by atoms with van der Waals surface area (Å²) in [7, 11) is 1.65. The molecule has 0 heterocycles. The van der Waals surface area contributed by atoms with Crippen LogP contribution in [-0.4, -0.2) is 27.1 Å². The van der Waals surface area contributed by atoms with Gasteiger partial charge in [0.05, 0.1) is 19.8 Å². The molecule has 1 aromatic carbocycles. The van der Waals surface area contributed by atoms with Gasteiger partial charge in [-0.05, 0) is 5.56 Å². The van der Waals surface area contributed by atoms with Crippen LogP contribution < -0.4 is 0 Å². The SMILES string of the molecule is COCCOCOCc1ccccc1. The number of rotatable bonds is 7. The average molecular weight is 196 g/mol. The van der Waals surface area contributed by atoms with E-state index in [1.807, 2.05) is 30.3 Å². The number of benzene rings is 1. The maximum absolute atomic E-state index is 5.29. The van der Waals surface area contributed by atoms with Crippen molar-refractivity contribution in [2.75, 3.05) is 27.1 Å². The van der Waals surface area contributed by atoms with E-state index in [1.54, 1.807) is 7.11 Å². The Kier molecular flexibility index (Phi) is 5.99. The fourth-order valence-corrected chi connectivity index (χ4v) is 0.994. The number of hydrogen-bond acceptors (Lipinski definition) is 3. The largest absolute Gasteiger partial charge is 0.382 e. The Morgan fingerprint density at radius 1 is 1.00 bits per heavy atom. The van der Waals surface area contributed by atoms with Crippen molar-refractivity contribution in [1.29, 1.82) is 0 Å². The number of hydrogen-bond donors (Lipinski definition) is 0. The van der Waals surface area contributed by atoms with Crippen molar-refractivity contribution >= 4 is 0 Å². The van der Waals surface area contributed by atoms with Gasteiger partial charge in [-0.25, -0.2) is 0 Å². The molecule has 3 nitrogen and oxygen atoms in total. The number of methoxy groups -OCH3 is 1. The highest BCUT2D eigenvalue weighted by Crippen LogP contribution is 1.99. The van der Waals surface area contributed by atoms with Crippen LogP contribution >= 0.6 is 0 Å². The van der Waals surface area contributed by atoms with Gasteiger partial charge in [0.2, 0.25) is 0 Å². The molecule has 0 saturated carbocycles. The average Bonchev–Trinajstić information content (AvgIpc) is 2.25. The van der Waals surface area contributed by atoms with Gasteiger partial charge in [0.25, 0.3) is 0 Å². The lowest BCUT2D eigenvalue weighted by molar-refractivity contribution is -0.0724. The monoisotopic (exact) mass is 196 g/mol. The zero-order valence-corrected chi connectivity index (χ0v) is 8.44. The van der Waals surface area contributed by atoms with Crippen LogP contribution in [-0.2, 0) is 20.8 Å². The smallest absolute Gasteiger partial charge is 0.147 e. The van der Waals surface area contributed by atoms with Gasteiger partial charge in [-0.15, -0.1) is 0 Å². The topological polar surface area (TPSA) is 27.7 Å². The van der Waals surface area contributed by atoms with E-state index < -0.39 is 0 Å². The van der Waals surface area contributed by atoms with Gasteiger partial charge < -0.3 is 14.2 Å². The normalized spacial score (nSPS) is 10.4. The van der Waals surface area contributed by atoms with E-state index in [9.17, 15) is 0 Å². The van der Waals surface area contributed by atoms with Gasteiger partial charge in [-0.1, -0.05) is 30.3 Å². The molecule has 0 spiro atoms. The minimum absolute atomic E-state index is 0.318. The Bertz CT molecular complexity index is 223. The van der Waals surface area contributed by atoms with Crippen molar-refractivity contribution in [3.63, 3.8) is 0 Å². The summed E-state index contributed by atoms with van der Waals surface area (Å²) in [5.74, 6) is 0. The number of ether oxygens (including phenoxy) is 3. The molecular formula is C11H16O3. The Hall–Kier alpha value is -0.900. The molecule has 0 unspecified atom stereocenters. The fraction of sp³-hybridized carbons (Fsp3) is 0.455. The standard InChI is InChI=1S/C11H16O3/c1-12-7-8-13-10-14-9-11-5-3-2-4-6-11/h2-6H,7-10H2,1H3. The molecular weight excluding hydrogens is 180 g/mol. The molecule has 14 heavy (non-hydrogen) atoms. The fourth-order valence-electron chi connectivity index (χ4n) is 0.994. The molecule has 0 aliphatic rings. The quantitative estimate of drug-likeness (QED) is 0.492. The highest BCUT2D eigenvalue weighted by Gasteiger charge is 1.91. The van der Waals surface area contributed by atoms with E-state index in [2.05, 4.69) is 0 Å². The minimum atomic E-state index is 0.318. The van der Waals surface area contributed by atoms with Gasteiger partial charge >= 0.3 is 0 Å². The highest BCUT2D eigenvalue weighted by molar-refractivity contribution is 5.13. The van der Waals surface area contributed by atoms with Crippen LogP contribution in [0.1, 0.15) is 5.56 Å². The Morgan fingerprint density at radius 3 is 2.50 bits per heavy atom. The summed E-state index contributed by atoms with van der Waals surface area (Å²) < 4.78 is 15.3. The van der Waals surface area contributed by atoms with E-state index in [0.29, 0.717) is 26.6 Å². The van der Waals surface area contributed by atoms with E-state index in [-0.39, 0.29) is 0 Å². The molecule has 78 valence electrons. The highest BCUT2D eigenvalue weighted by atomic mass is 16.7. The first-order chi connectivity index (χ1) is 6.93. The van der Waals surface area contributed by atoms with Crippen LogP contribution in [0.15, 0.2) is 30.3 Å². The molecule has 0 saturated heterocycles. The van der Waals surface area contributed by atoms with Crippen LogP contribution in [0.4, 0.5) is 0 Å². The molecule has 0 atom stereocenters. The molecule has 1 aromatic rings. The molecule has 0 N–H and O–H groups in total. The van der Waals surface area contributed by atoms with Gasteiger partial charge in [0.15, 0.2) is 0 Å². The van der Waals surface area contributed by atoms with Crippen LogP contribution in [0.5, 0.6) is 0 Å². The van der Waals surface area contributed by atoms with E-state index in [1.165, 1.54) is 0 Å². The molecule has 0 aliphatic carbocycles. The minimum Gasteiger partial charge on any atom is -0.382 e. The Morgan fingerprint density at radius 2 is 1.79 bits per heavy atom. The molecule has 0 bridgehead atoms. The van der Waals surface area contributed by atoms with E-state index in [4.69, 9.17) is 14.2 Å². The first kappa shape index (κ1) is 11.2. The van der Waals surface area contributed by atoms with Gasteiger partial charge in [0.1, 0.15) is 6.79 Å². The zero-order chi connectivity index (χ0) is 10.1. The summed E-state index contributed by atoms with van der Waals surface area (Å²) in [6.45, 7) is 2.09. The molecule has 3 heteroatoms. The van der Waals surface area contributed by atoms with Crippen LogP contribution in [0, 0.1) is 0 Å². The van der Waals surface area contributed by atoms with Gasteiger partial charge in [0, 0.05) is 7.11 Å². The van der Waals surface area contributed by atoms with Crippen molar-refractivity contribution in [2.24, 2.45) is 0 Å². The van der Waals surface area contributed by atoms with Crippen LogP contribution in [0.25, 0.3) is 0 Å². The predicted octanol–water partition coefficient (Wildman–Crippen LogP) is 1.82. The molecule has 0 fully saturated rings. The summed E-state index contributed by atoms with van der Waals surface area (Å²) >= 11 is 0. The molecule has 0 amide bonds. The maximum Gasteiger partial charge on any atom is 0.147 e. The van der Waals surface area contributed by atoms with Crippen LogP contribution in [0.2, 0.25) is 0 Å². The maximum atomic E-state index is 5.29. The lowest BCUT2D eigenvalue weighted by atomic mass is 10.2. The van der Waals surface area contributed by atoms with Crippen molar-refractivity contribution < 1.29 is 14.2 Å².